The number of aryl methyl sites for hydroxylation is 1. The molecule has 6 nitrogen and oxygen atoms in total. The van der Waals surface area contributed by atoms with Crippen LogP contribution in [0.2, 0.25) is 0 Å². The van der Waals surface area contributed by atoms with E-state index in [1.54, 1.807) is 26.0 Å². The standard InChI is InChI=1S/C18H22N2O4/c1-10(2)16-15(12(4)20-24-16)17(21)19-14-7-5-13(6-8-14)9-11(3)18(22)23/h5-8,10-11H,9H2,1-4H3,(H,19,21)(H,22,23). The summed E-state index contributed by atoms with van der Waals surface area (Å²) in [6.07, 6.45) is 0.450. The van der Waals surface area contributed by atoms with Crippen LogP contribution in [0.4, 0.5) is 5.69 Å². The number of carboxylic acids is 1. The number of benzene rings is 1. The van der Waals surface area contributed by atoms with Gasteiger partial charge in [-0.15, -0.1) is 0 Å². The molecular formula is C18H22N2O4. The number of nitrogens with one attached hydrogen (secondary N) is 1. The van der Waals surface area contributed by atoms with Crippen LogP contribution < -0.4 is 5.32 Å². The largest absolute Gasteiger partial charge is 0.481 e. The molecule has 0 saturated carbocycles. The molecule has 1 heterocycles. The summed E-state index contributed by atoms with van der Waals surface area (Å²) < 4.78 is 5.23. The van der Waals surface area contributed by atoms with E-state index in [1.165, 1.54) is 0 Å². The molecule has 2 N–H and O–H groups in total. The Morgan fingerprint density at radius 1 is 1.21 bits per heavy atom. The number of carbonyl (C=O) groups is 2. The van der Waals surface area contributed by atoms with Crippen molar-refractivity contribution < 1.29 is 19.2 Å². The summed E-state index contributed by atoms with van der Waals surface area (Å²) in [4.78, 5) is 23.4. The molecule has 1 atom stereocenters. The van der Waals surface area contributed by atoms with Crippen LogP contribution in [0.3, 0.4) is 0 Å². The van der Waals surface area contributed by atoms with Gasteiger partial charge in [0.15, 0.2) is 5.76 Å². The quantitative estimate of drug-likeness (QED) is 0.844. The molecule has 1 aromatic heterocycles. The number of carboxylic acid groups (broad SMARTS) is 1. The van der Waals surface area contributed by atoms with Crippen molar-refractivity contribution in [2.75, 3.05) is 5.32 Å². The minimum atomic E-state index is -0.823. The fraction of sp³-hybridized carbons (Fsp3) is 0.389. The first kappa shape index (κ1) is 17.7. The van der Waals surface area contributed by atoms with Crippen molar-refractivity contribution in [2.24, 2.45) is 5.92 Å². The molecule has 2 aromatic rings. The molecule has 24 heavy (non-hydrogen) atoms. The third-order valence-corrected chi connectivity index (χ3v) is 3.82. The van der Waals surface area contributed by atoms with Crippen LogP contribution in [0.15, 0.2) is 28.8 Å². The Morgan fingerprint density at radius 3 is 2.38 bits per heavy atom. The molecule has 1 unspecified atom stereocenters. The van der Waals surface area contributed by atoms with Gasteiger partial charge < -0.3 is 14.9 Å². The van der Waals surface area contributed by atoms with Crippen LogP contribution in [0, 0.1) is 12.8 Å². The number of rotatable bonds is 6. The Balaban J connectivity index is 2.10. The third-order valence-electron chi connectivity index (χ3n) is 3.82. The van der Waals surface area contributed by atoms with Gasteiger partial charge in [0.1, 0.15) is 5.56 Å². The molecule has 0 spiro atoms. The summed E-state index contributed by atoms with van der Waals surface area (Å²) in [5.74, 6) is -0.900. The number of carbonyl (C=O) groups excluding carboxylic acids is 1. The summed E-state index contributed by atoms with van der Waals surface area (Å²) in [7, 11) is 0. The van der Waals surface area contributed by atoms with E-state index in [0.717, 1.165) is 5.56 Å². The van der Waals surface area contributed by atoms with Gasteiger partial charge in [0, 0.05) is 11.6 Å². The highest BCUT2D eigenvalue weighted by Crippen LogP contribution is 2.23. The first-order valence-electron chi connectivity index (χ1n) is 7.88. The Labute approximate surface area is 140 Å². The number of aliphatic carboxylic acids is 1. The topological polar surface area (TPSA) is 92.4 Å². The van der Waals surface area contributed by atoms with Gasteiger partial charge in [-0.25, -0.2) is 0 Å². The average Bonchev–Trinajstić information content (AvgIpc) is 2.91. The van der Waals surface area contributed by atoms with Gasteiger partial charge in [0.25, 0.3) is 5.91 Å². The zero-order chi connectivity index (χ0) is 17.9. The summed E-state index contributed by atoms with van der Waals surface area (Å²) in [6, 6.07) is 7.16. The highest BCUT2D eigenvalue weighted by atomic mass is 16.5. The number of amides is 1. The van der Waals surface area contributed by atoms with Crippen molar-refractivity contribution in [2.45, 2.75) is 40.0 Å². The van der Waals surface area contributed by atoms with Gasteiger partial charge in [0.2, 0.25) is 0 Å². The maximum Gasteiger partial charge on any atom is 0.306 e. The van der Waals surface area contributed by atoms with Gasteiger partial charge in [-0.3, -0.25) is 9.59 Å². The lowest BCUT2D eigenvalue weighted by Crippen LogP contribution is -2.15. The van der Waals surface area contributed by atoms with E-state index >= 15 is 0 Å². The van der Waals surface area contributed by atoms with Crippen molar-refractivity contribution >= 4 is 17.6 Å². The zero-order valence-corrected chi connectivity index (χ0v) is 14.3. The van der Waals surface area contributed by atoms with Gasteiger partial charge >= 0.3 is 5.97 Å². The average molecular weight is 330 g/mol. The summed E-state index contributed by atoms with van der Waals surface area (Å²) in [5, 5.41) is 15.6. The monoisotopic (exact) mass is 330 g/mol. The van der Waals surface area contributed by atoms with E-state index in [2.05, 4.69) is 10.5 Å². The molecule has 128 valence electrons. The summed E-state index contributed by atoms with van der Waals surface area (Å²) >= 11 is 0. The molecule has 6 heteroatoms. The van der Waals surface area contributed by atoms with Gasteiger partial charge in [-0.1, -0.05) is 38.1 Å². The molecule has 0 aliphatic rings. The van der Waals surface area contributed by atoms with Crippen LogP contribution in [0.1, 0.15) is 54.1 Å². The van der Waals surface area contributed by atoms with Crippen molar-refractivity contribution in [3.8, 4) is 0 Å². The second-order valence-corrected chi connectivity index (χ2v) is 6.26. The minimum Gasteiger partial charge on any atom is -0.481 e. The van der Waals surface area contributed by atoms with Gasteiger partial charge in [-0.05, 0) is 31.0 Å². The maximum atomic E-state index is 12.5. The maximum absolute atomic E-state index is 12.5. The number of hydrogen-bond acceptors (Lipinski definition) is 4. The van der Waals surface area contributed by atoms with E-state index in [4.69, 9.17) is 9.63 Å². The van der Waals surface area contributed by atoms with Crippen LogP contribution >= 0.6 is 0 Å². The molecule has 0 fully saturated rings. The predicted molar refractivity (Wildman–Crippen MR) is 90.2 cm³/mol. The van der Waals surface area contributed by atoms with Crippen LogP contribution in [-0.2, 0) is 11.2 Å². The van der Waals surface area contributed by atoms with E-state index in [0.29, 0.717) is 29.1 Å². The predicted octanol–water partition coefficient (Wildman–Crippen LogP) is 3.62. The summed E-state index contributed by atoms with van der Waals surface area (Å²) in [5.41, 5.74) is 2.57. The summed E-state index contributed by atoms with van der Waals surface area (Å²) in [6.45, 7) is 7.28. The van der Waals surface area contributed by atoms with Crippen LogP contribution in [-0.4, -0.2) is 22.1 Å². The van der Waals surface area contributed by atoms with E-state index in [-0.39, 0.29) is 11.8 Å². The van der Waals surface area contributed by atoms with Crippen LogP contribution in [0.25, 0.3) is 0 Å². The Bertz CT molecular complexity index is 732. The molecule has 0 saturated heterocycles. The van der Waals surface area contributed by atoms with Crippen molar-refractivity contribution in [3.63, 3.8) is 0 Å². The molecule has 0 aliphatic carbocycles. The SMILES string of the molecule is Cc1noc(C(C)C)c1C(=O)Nc1ccc(CC(C)C(=O)O)cc1. The van der Waals surface area contributed by atoms with E-state index in [9.17, 15) is 9.59 Å². The zero-order valence-electron chi connectivity index (χ0n) is 14.3. The van der Waals surface area contributed by atoms with Crippen molar-refractivity contribution in [1.82, 2.24) is 5.16 Å². The Morgan fingerprint density at radius 2 is 1.83 bits per heavy atom. The first-order valence-corrected chi connectivity index (χ1v) is 7.88. The number of aromatic nitrogens is 1. The number of anilines is 1. The highest BCUT2D eigenvalue weighted by molar-refractivity contribution is 6.05. The number of nitrogens with zero attached hydrogens (tertiary/aromatic N) is 1. The second-order valence-electron chi connectivity index (χ2n) is 6.26. The fourth-order valence-corrected chi connectivity index (χ4v) is 2.42. The lowest BCUT2D eigenvalue weighted by Gasteiger charge is -2.09. The highest BCUT2D eigenvalue weighted by Gasteiger charge is 2.22. The first-order chi connectivity index (χ1) is 11.3. The second kappa shape index (κ2) is 7.29. The minimum absolute atomic E-state index is 0.0619. The van der Waals surface area contributed by atoms with Crippen molar-refractivity contribution in [1.29, 1.82) is 0 Å². The Hall–Kier alpha value is -2.63. The molecular weight excluding hydrogens is 308 g/mol. The molecule has 1 aromatic carbocycles. The Kier molecular flexibility index (Phi) is 5.39. The van der Waals surface area contributed by atoms with E-state index in [1.807, 2.05) is 26.0 Å². The normalized spacial score (nSPS) is 12.2. The molecule has 2 rings (SSSR count). The van der Waals surface area contributed by atoms with Crippen molar-refractivity contribution in [3.05, 3.63) is 46.8 Å². The molecule has 0 aliphatic heterocycles. The van der Waals surface area contributed by atoms with Gasteiger partial charge in [0.05, 0.1) is 11.6 Å². The lowest BCUT2D eigenvalue weighted by atomic mass is 10.0. The fourth-order valence-electron chi connectivity index (χ4n) is 2.42. The lowest BCUT2D eigenvalue weighted by molar-refractivity contribution is -0.141. The van der Waals surface area contributed by atoms with Gasteiger partial charge in [-0.2, -0.15) is 0 Å². The van der Waals surface area contributed by atoms with E-state index < -0.39 is 11.9 Å². The van der Waals surface area contributed by atoms with Crippen LogP contribution in [0.5, 0.6) is 0 Å². The molecule has 0 bridgehead atoms. The number of hydrogen-bond donors (Lipinski definition) is 2. The smallest absolute Gasteiger partial charge is 0.306 e. The third kappa shape index (κ3) is 4.01. The molecule has 0 radical (unpaired) electrons. The molecule has 1 amide bonds.